The molecule has 8 heteroatoms. The number of esters is 1. The van der Waals surface area contributed by atoms with Crippen LogP contribution in [0.3, 0.4) is 0 Å². The van der Waals surface area contributed by atoms with Crippen molar-refractivity contribution in [2.75, 3.05) is 18.4 Å². The molecule has 3 atom stereocenters. The number of nitrogens with zero attached hydrogens (tertiary/aromatic N) is 1. The highest BCUT2D eigenvalue weighted by atomic mass is 32.1. The van der Waals surface area contributed by atoms with E-state index < -0.39 is 12.1 Å². The van der Waals surface area contributed by atoms with Crippen LogP contribution in [0.25, 0.3) is 11.1 Å². The zero-order valence-corrected chi connectivity index (χ0v) is 19.3. The van der Waals surface area contributed by atoms with Crippen molar-refractivity contribution in [3.8, 4) is 11.1 Å². The lowest BCUT2D eigenvalue weighted by Gasteiger charge is -2.36. The van der Waals surface area contributed by atoms with Crippen molar-refractivity contribution in [3.63, 3.8) is 0 Å². The third kappa shape index (κ3) is 5.02. The summed E-state index contributed by atoms with van der Waals surface area (Å²) < 4.78 is 11.3. The first-order valence-corrected chi connectivity index (χ1v) is 11.8. The largest absolute Gasteiger partial charge is 0.449 e. The molecule has 2 fully saturated rings. The van der Waals surface area contributed by atoms with Crippen LogP contribution < -0.4 is 5.32 Å². The summed E-state index contributed by atoms with van der Waals surface area (Å²) in [4.78, 5) is 40.2. The number of benzene rings is 1. The van der Waals surface area contributed by atoms with Crippen LogP contribution in [0.1, 0.15) is 44.0 Å². The number of morpholine rings is 1. The summed E-state index contributed by atoms with van der Waals surface area (Å²) in [6.45, 7) is 6.34. The average molecular weight is 457 g/mol. The minimum absolute atomic E-state index is 0.00643. The summed E-state index contributed by atoms with van der Waals surface area (Å²) in [5.74, 6) is -0.945. The highest BCUT2D eigenvalue weighted by Crippen LogP contribution is 2.38. The summed E-state index contributed by atoms with van der Waals surface area (Å²) in [7, 11) is 0. The third-order valence-electron chi connectivity index (χ3n) is 5.63. The van der Waals surface area contributed by atoms with Crippen LogP contribution in [0.2, 0.25) is 0 Å². The molecule has 1 saturated heterocycles. The normalized spacial score (nSPS) is 21.7. The van der Waals surface area contributed by atoms with Crippen molar-refractivity contribution in [2.45, 2.75) is 51.9 Å². The van der Waals surface area contributed by atoms with Gasteiger partial charge in [-0.1, -0.05) is 30.3 Å². The molecular formula is C24H28N2O5S. The Bertz CT molecular complexity index is 991. The quantitative estimate of drug-likeness (QED) is 0.666. The van der Waals surface area contributed by atoms with E-state index in [0.29, 0.717) is 29.2 Å². The highest BCUT2D eigenvalue weighted by Gasteiger charge is 2.34. The van der Waals surface area contributed by atoms with Crippen LogP contribution in [0.4, 0.5) is 5.00 Å². The van der Waals surface area contributed by atoms with Crippen LogP contribution in [0.15, 0.2) is 35.7 Å². The minimum Gasteiger partial charge on any atom is -0.449 e. The molecule has 1 aliphatic carbocycles. The first-order chi connectivity index (χ1) is 15.3. The van der Waals surface area contributed by atoms with Crippen LogP contribution in [-0.4, -0.2) is 54.1 Å². The second kappa shape index (κ2) is 9.42. The van der Waals surface area contributed by atoms with E-state index in [2.05, 4.69) is 5.32 Å². The molecule has 1 saturated carbocycles. The van der Waals surface area contributed by atoms with Gasteiger partial charge in [-0.2, -0.15) is 0 Å². The predicted molar refractivity (Wildman–Crippen MR) is 123 cm³/mol. The Kier molecular flexibility index (Phi) is 6.62. The first-order valence-electron chi connectivity index (χ1n) is 11.0. The number of hydrogen-bond donors (Lipinski definition) is 1. The molecular weight excluding hydrogens is 428 g/mol. The maximum absolute atomic E-state index is 13.3. The Labute approximate surface area is 191 Å². The molecule has 0 spiro atoms. The summed E-state index contributed by atoms with van der Waals surface area (Å²) in [5, 5.41) is 5.18. The summed E-state index contributed by atoms with van der Waals surface area (Å²) >= 11 is 1.29. The molecule has 1 aromatic heterocycles. The van der Waals surface area contributed by atoms with Gasteiger partial charge in [-0.25, -0.2) is 4.79 Å². The highest BCUT2D eigenvalue weighted by molar-refractivity contribution is 7.15. The van der Waals surface area contributed by atoms with Crippen molar-refractivity contribution >= 4 is 34.1 Å². The van der Waals surface area contributed by atoms with E-state index in [4.69, 9.17) is 9.47 Å². The smallest absolute Gasteiger partial charge is 0.342 e. The topological polar surface area (TPSA) is 84.9 Å². The third-order valence-corrected chi connectivity index (χ3v) is 6.52. The standard InChI is InChI=1S/C24H28N2O5S/c1-14-11-26(12-15(2)30-14)23(28)16(3)31-24(29)20-19(17-7-5-4-6-8-17)13-32-22(20)25-21(27)18-9-10-18/h4-8,13-16,18H,9-12H2,1-3H3,(H,25,27). The zero-order chi connectivity index (χ0) is 22.8. The molecule has 2 heterocycles. The Hall–Kier alpha value is -2.71. The van der Waals surface area contributed by atoms with Gasteiger partial charge in [0, 0.05) is 30.0 Å². The number of nitrogens with one attached hydrogen (secondary N) is 1. The van der Waals surface area contributed by atoms with Crippen LogP contribution in [0.5, 0.6) is 0 Å². The molecule has 2 aliphatic rings. The van der Waals surface area contributed by atoms with Crippen LogP contribution in [0, 0.1) is 5.92 Å². The lowest BCUT2D eigenvalue weighted by atomic mass is 10.0. The first kappa shape index (κ1) is 22.5. The van der Waals surface area contributed by atoms with Gasteiger partial charge >= 0.3 is 5.97 Å². The molecule has 0 bridgehead atoms. The Balaban J connectivity index is 1.55. The SMILES string of the molecule is CC1CN(C(=O)C(C)OC(=O)c2c(-c3ccccc3)csc2NC(=O)C2CC2)CC(C)O1. The van der Waals surface area contributed by atoms with E-state index >= 15 is 0 Å². The van der Waals surface area contributed by atoms with Gasteiger partial charge in [0.1, 0.15) is 10.6 Å². The van der Waals surface area contributed by atoms with Gasteiger partial charge in [0.05, 0.1) is 12.2 Å². The predicted octanol–water partition coefficient (Wildman–Crippen LogP) is 3.94. The summed E-state index contributed by atoms with van der Waals surface area (Å²) in [5.41, 5.74) is 1.82. The molecule has 0 radical (unpaired) electrons. The van der Waals surface area contributed by atoms with Crippen molar-refractivity contribution < 1.29 is 23.9 Å². The number of thiophene rings is 1. The van der Waals surface area contributed by atoms with Gasteiger partial charge in [0.15, 0.2) is 6.10 Å². The van der Waals surface area contributed by atoms with Gasteiger partial charge in [0.2, 0.25) is 5.91 Å². The fourth-order valence-electron chi connectivity index (χ4n) is 3.93. The molecule has 7 nitrogen and oxygen atoms in total. The number of carbonyl (C=O) groups excluding carboxylic acids is 3. The Morgan fingerprint density at radius 1 is 1.12 bits per heavy atom. The van der Waals surface area contributed by atoms with E-state index in [1.54, 1.807) is 11.8 Å². The maximum atomic E-state index is 13.3. The lowest BCUT2D eigenvalue weighted by molar-refractivity contribution is -0.151. The van der Waals surface area contributed by atoms with Crippen molar-refractivity contribution in [2.24, 2.45) is 5.92 Å². The van der Waals surface area contributed by atoms with Crippen molar-refractivity contribution in [1.82, 2.24) is 4.90 Å². The molecule has 4 rings (SSSR count). The Morgan fingerprint density at radius 3 is 2.41 bits per heavy atom. The summed E-state index contributed by atoms with van der Waals surface area (Å²) in [6.07, 6.45) is 0.637. The Morgan fingerprint density at radius 2 is 1.78 bits per heavy atom. The van der Waals surface area contributed by atoms with E-state index in [1.165, 1.54) is 11.3 Å². The molecule has 1 aliphatic heterocycles. The number of amides is 2. The molecule has 170 valence electrons. The number of anilines is 1. The lowest BCUT2D eigenvalue weighted by Crippen LogP contribution is -2.51. The molecule has 1 N–H and O–H groups in total. The van der Waals surface area contributed by atoms with Gasteiger partial charge in [-0.05, 0) is 39.2 Å². The average Bonchev–Trinajstić information content (AvgIpc) is 3.53. The molecule has 1 aromatic carbocycles. The van der Waals surface area contributed by atoms with Crippen molar-refractivity contribution in [1.29, 1.82) is 0 Å². The minimum atomic E-state index is -0.949. The van der Waals surface area contributed by atoms with Crippen LogP contribution >= 0.6 is 11.3 Å². The van der Waals surface area contributed by atoms with E-state index in [0.717, 1.165) is 18.4 Å². The zero-order valence-electron chi connectivity index (χ0n) is 18.5. The monoisotopic (exact) mass is 456 g/mol. The maximum Gasteiger partial charge on any atom is 0.342 e. The number of hydrogen-bond acceptors (Lipinski definition) is 6. The van der Waals surface area contributed by atoms with E-state index in [9.17, 15) is 14.4 Å². The number of rotatable bonds is 6. The van der Waals surface area contributed by atoms with E-state index in [-0.39, 0.29) is 29.9 Å². The molecule has 2 aromatic rings. The van der Waals surface area contributed by atoms with Gasteiger partial charge in [-0.3, -0.25) is 9.59 Å². The fourth-order valence-corrected chi connectivity index (χ4v) is 4.89. The second-order valence-electron chi connectivity index (χ2n) is 8.53. The number of carbonyl (C=O) groups is 3. The number of ether oxygens (including phenoxy) is 2. The summed E-state index contributed by atoms with van der Waals surface area (Å²) in [6, 6.07) is 9.47. The van der Waals surface area contributed by atoms with Gasteiger partial charge in [-0.15, -0.1) is 11.3 Å². The van der Waals surface area contributed by atoms with Crippen molar-refractivity contribution in [3.05, 3.63) is 41.3 Å². The molecule has 3 unspecified atom stereocenters. The molecule has 2 amide bonds. The molecule has 32 heavy (non-hydrogen) atoms. The van der Waals surface area contributed by atoms with Crippen LogP contribution in [-0.2, 0) is 19.1 Å². The van der Waals surface area contributed by atoms with Gasteiger partial charge < -0.3 is 19.7 Å². The fraction of sp³-hybridized carbons (Fsp3) is 0.458. The van der Waals surface area contributed by atoms with Gasteiger partial charge in [0.25, 0.3) is 5.91 Å². The second-order valence-corrected chi connectivity index (χ2v) is 9.41. The van der Waals surface area contributed by atoms with E-state index in [1.807, 2.05) is 49.6 Å².